The third-order valence-electron chi connectivity index (χ3n) is 5.05. The standard InChI is InChI=1S/C21H31BIN2O6P/c1-13(8-20(28)30-4)24-14(2)18-9-17(32(22)23)10-19(21(18)29)15(3)25-16(6-5-7-26)11-31-12-27/h7,9-10,12-16,24-25,29H,5-6,8,11H2,1-4H3. The summed E-state index contributed by atoms with van der Waals surface area (Å²) < 4.78 is 9.60. The van der Waals surface area contributed by atoms with Crippen molar-refractivity contribution in [3.05, 3.63) is 23.3 Å². The summed E-state index contributed by atoms with van der Waals surface area (Å²) in [5.41, 5.74) is 0.374. The number of carbonyl (C=O) groups is 3. The summed E-state index contributed by atoms with van der Waals surface area (Å²) in [4.78, 5) is 32.9. The van der Waals surface area contributed by atoms with Crippen molar-refractivity contribution in [2.45, 2.75) is 64.2 Å². The lowest BCUT2D eigenvalue weighted by Crippen LogP contribution is -2.36. The number of halogens is 1. The second-order valence-electron chi connectivity index (χ2n) is 7.61. The van der Waals surface area contributed by atoms with Crippen LogP contribution in [0.5, 0.6) is 5.75 Å². The fourth-order valence-electron chi connectivity index (χ4n) is 3.44. The molecule has 0 aromatic heterocycles. The van der Waals surface area contributed by atoms with E-state index < -0.39 is 5.44 Å². The van der Waals surface area contributed by atoms with Gasteiger partial charge in [-0.15, -0.1) is 0 Å². The van der Waals surface area contributed by atoms with Crippen LogP contribution in [0.4, 0.5) is 0 Å². The van der Waals surface area contributed by atoms with Crippen molar-refractivity contribution in [2.75, 3.05) is 13.7 Å². The van der Waals surface area contributed by atoms with E-state index in [9.17, 15) is 19.5 Å². The van der Waals surface area contributed by atoms with E-state index in [0.29, 0.717) is 30.4 Å². The van der Waals surface area contributed by atoms with Crippen molar-refractivity contribution < 1.29 is 29.0 Å². The molecule has 1 aromatic rings. The average Bonchev–Trinajstić information content (AvgIpc) is 2.74. The minimum absolute atomic E-state index is 0.119. The minimum atomic E-state index is -0.954. The number of esters is 1. The van der Waals surface area contributed by atoms with Gasteiger partial charge in [-0.1, -0.05) is 27.5 Å². The van der Waals surface area contributed by atoms with E-state index in [1.807, 2.05) is 32.9 Å². The summed E-state index contributed by atoms with van der Waals surface area (Å²) in [5.74, 6) is -0.192. The van der Waals surface area contributed by atoms with Gasteiger partial charge < -0.3 is 30.0 Å². The van der Waals surface area contributed by atoms with Gasteiger partial charge in [-0.3, -0.25) is 9.59 Å². The summed E-state index contributed by atoms with van der Waals surface area (Å²) in [7, 11) is 7.54. The van der Waals surface area contributed by atoms with Gasteiger partial charge in [0.1, 0.15) is 26.2 Å². The number of benzene rings is 1. The van der Waals surface area contributed by atoms with Crippen molar-refractivity contribution in [2.24, 2.45) is 0 Å². The molecule has 0 saturated heterocycles. The van der Waals surface area contributed by atoms with Crippen LogP contribution < -0.4 is 15.9 Å². The van der Waals surface area contributed by atoms with Crippen LogP contribution >= 0.6 is 27.5 Å². The van der Waals surface area contributed by atoms with Crippen LogP contribution in [0.2, 0.25) is 0 Å². The zero-order chi connectivity index (χ0) is 24.3. The Morgan fingerprint density at radius 3 is 2.31 bits per heavy atom. The molecule has 0 spiro atoms. The predicted molar refractivity (Wildman–Crippen MR) is 135 cm³/mol. The highest BCUT2D eigenvalue weighted by Crippen LogP contribution is 2.42. The number of carbonyl (C=O) groups excluding carboxylic acids is 3. The summed E-state index contributed by atoms with van der Waals surface area (Å²) >= 11 is 2.17. The molecule has 2 radical (unpaired) electrons. The number of aldehydes is 1. The lowest BCUT2D eigenvalue weighted by atomic mass is 9.97. The molecular weight excluding hydrogens is 545 g/mol. The lowest BCUT2D eigenvalue weighted by molar-refractivity contribution is -0.141. The quantitative estimate of drug-likeness (QED) is 0.0962. The van der Waals surface area contributed by atoms with E-state index in [1.165, 1.54) is 7.11 Å². The maximum Gasteiger partial charge on any atom is 0.307 e. The Kier molecular flexibility index (Phi) is 13.3. The highest BCUT2D eigenvalue weighted by molar-refractivity contribution is 14.2. The predicted octanol–water partition coefficient (Wildman–Crippen LogP) is 2.71. The van der Waals surface area contributed by atoms with E-state index >= 15 is 0 Å². The fourth-order valence-corrected chi connectivity index (χ4v) is 4.80. The Labute approximate surface area is 205 Å². The van der Waals surface area contributed by atoms with Crippen LogP contribution in [0.25, 0.3) is 0 Å². The number of aromatic hydroxyl groups is 1. The Morgan fingerprint density at radius 1 is 1.22 bits per heavy atom. The maximum absolute atomic E-state index is 11.6. The summed E-state index contributed by atoms with van der Waals surface area (Å²) in [6, 6.07) is 2.79. The Balaban J connectivity index is 3.17. The van der Waals surface area contributed by atoms with Crippen LogP contribution in [0.1, 0.15) is 63.2 Å². The van der Waals surface area contributed by atoms with Gasteiger partial charge >= 0.3 is 5.97 Å². The third kappa shape index (κ3) is 9.33. The molecule has 0 aliphatic rings. The van der Waals surface area contributed by atoms with Crippen LogP contribution in [0, 0.1) is 0 Å². The molecule has 176 valence electrons. The number of phenolic OH excluding ortho intramolecular Hbond substituents is 1. The third-order valence-corrected chi connectivity index (χ3v) is 7.48. The smallest absolute Gasteiger partial charge is 0.307 e. The van der Waals surface area contributed by atoms with Crippen LogP contribution in [-0.2, 0) is 23.9 Å². The second kappa shape index (κ2) is 14.8. The molecule has 0 aliphatic heterocycles. The zero-order valence-corrected chi connectivity index (χ0v) is 21.9. The molecule has 0 saturated carbocycles. The molecule has 0 bridgehead atoms. The molecule has 5 atom stereocenters. The van der Waals surface area contributed by atoms with Gasteiger partial charge in [0.05, 0.1) is 13.5 Å². The highest BCUT2D eigenvalue weighted by atomic mass is 127. The number of methoxy groups -OCH3 is 1. The van der Waals surface area contributed by atoms with Gasteiger partial charge in [0, 0.05) is 41.7 Å². The molecule has 5 unspecified atom stereocenters. The summed E-state index contributed by atoms with van der Waals surface area (Å²) in [6.45, 7) is 6.16. The van der Waals surface area contributed by atoms with Gasteiger partial charge in [-0.2, -0.15) is 0 Å². The van der Waals surface area contributed by atoms with Crippen molar-refractivity contribution in [3.8, 4) is 5.75 Å². The van der Waals surface area contributed by atoms with Crippen molar-refractivity contribution in [1.82, 2.24) is 10.6 Å². The first kappa shape index (κ1) is 28.8. The fraction of sp³-hybridized carbons (Fsp3) is 0.571. The lowest BCUT2D eigenvalue weighted by Gasteiger charge is -2.27. The Hall–Kier alpha value is -1.23. The van der Waals surface area contributed by atoms with Crippen molar-refractivity contribution >= 4 is 59.1 Å². The summed E-state index contributed by atoms with van der Waals surface area (Å²) in [6.07, 6.45) is 1.84. The first-order valence-electron chi connectivity index (χ1n) is 10.3. The molecule has 0 amide bonds. The number of phenols is 1. The number of ether oxygens (including phenoxy) is 2. The number of rotatable bonds is 15. The molecule has 32 heavy (non-hydrogen) atoms. The van der Waals surface area contributed by atoms with E-state index in [2.05, 4.69) is 32.7 Å². The van der Waals surface area contributed by atoms with Gasteiger partial charge in [0.15, 0.2) is 0 Å². The molecule has 11 heteroatoms. The van der Waals surface area contributed by atoms with E-state index in [-0.39, 0.29) is 48.9 Å². The molecular formula is C21H31BIN2O6P. The Morgan fingerprint density at radius 2 is 1.81 bits per heavy atom. The van der Waals surface area contributed by atoms with Gasteiger partial charge in [-0.05, 0) is 44.6 Å². The highest BCUT2D eigenvalue weighted by Gasteiger charge is 2.23. The SMILES string of the molecule is [B]P(I)c1cc(C(C)NC(C)CC(=O)OC)c(O)c(C(C)NC(CCC=O)COC=O)c1. The normalized spacial score (nSPS) is 15.8. The van der Waals surface area contributed by atoms with E-state index in [0.717, 1.165) is 11.6 Å². The van der Waals surface area contributed by atoms with Crippen LogP contribution in [0.15, 0.2) is 12.1 Å². The number of hydrogen-bond donors (Lipinski definition) is 3. The van der Waals surface area contributed by atoms with Gasteiger partial charge in [0.2, 0.25) is 0 Å². The molecule has 0 heterocycles. The van der Waals surface area contributed by atoms with Crippen molar-refractivity contribution in [3.63, 3.8) is 0 Å². The first-order valence-corrected chi connectivity index (χ1v) is 14.5. The molecule has 3 N–H and O–H groups in total. The number of hydrogen-bond acceptors (Lipinski definition) is 8. The topological polar surface area (TPSA) is 114 Å². The van der Waals surface area contributed by atoms with E-state index in [4.69, 9.17) is 17.0 Å². The number of nitrogens with one attached hydrogen (secondary N) is 2. The molecule has 1 rings (SSSR count). The summed E-state index contributed by atoms with van der Waals surface area (Å²) in [5, 5.41) is 18.6. The average molecular weight is 576 g/mol. The zero-order valence-electron chi connectivity index (χ0n) is 18.8. The van der Waals surface area contributed by atoms with Gasteiger partial charge in [-0.25, -0.2) is 0 Å². The second-order valence-corrected chi connectivity index (χ2v) is 11.9. The van der Waals surface area contributed by atoms with Crippen molar-refractivity contribution in [1.29, 1.82) is 0 Å². The Bertz CT molecular complexity index is 758. The molecule has 8 nitrogen and oxygen atoms in total. The van der Waals surface area contributed by atoms with Gasteiger partial charge in [0.25, 0.3) is 6.47 Å². The monoisotopic (exact) mass is 576 g/mol. The largest absolute Gasteiger partial charge is 0.507 e. The van der Waals surface area contributed by atoms with E-state index in [1.54, 1.807) is 0 Å². The molecule has 1 aromatic carbocycles. The molecule has 0 aliphatic carbocycles. The van der Waals surface area contributed by atoms with Crippen LogP contribution in [0.3, 0.4) is 0 Å². The minimum Gasteiger partial charge on any atom is -0.507 e. The molecule has 0 fully saturated rings. The van der Waals surface area contributed by atoms with Crippen LogP contribution in [-0.4, -0.2) is 57.2 Å². The first-order chi connectivity index (χ1) is 15.1. The maximum atomic E-state index is 11.6.